The van der Waals surface area contributed by atoms with Gasteiger partial charge in [-0.05, 0) is 76.4 Å². The van der Waals surface area contributed by atoms with Gasteiger partial charge < -0.3 is 15.1 Å². The molecule has 2 aliphatic rings. The van der Waals surface area contributed by atoms with E-state index in [1.165, 1.54) is 76.1 Å². The summed E-state index contributed by atoms with van der Waals surface area (Å²) in [5.41, 5.74) is 2.37. The summed E-state index contributed by atoms with van der Waals surface area (Å²) >= 11 is 6.24. The summed E-state index contributed by atoms with van der Waals surface area (Å²) in [7, 11) is 0. The second-order valence-electron chi connectivity index (χ2n) is 7.44. The van der Waals surface area contributed by atoms with Crippen molar-refractivity contribution in [3.8, 4) is 0 Å². The van der Waals surface area contributed by atoms with Crippen LogP contribution in [0.25, 0.3) is 0 Å². The second-order valence-corrected chi connectivity index (χ2v) is 7.85. The topological polar surface area (TPSA) is 18.5 Å². The molecule has 1 aromatic rings. The molecule has 0 spiro atoms. The van der Waals surface area contributed by atoms with Crippen LogP contribution in [0.5, 0.6) is 0 Å². The molecule has 0 bridgehead atoms. The number of hydrogen-bond donors (Lipinski definition) is 1. The van der Waals surface area contributed by atoms with Crippen molar-refractivity contribution in [2.24, 2.45) is 0 Å². The maximum Gasteiger partial charge on any atom is 0.0455 e. The first kappa shape index (κ1) is 18.0. The predicted octanol–water partition coefficient (Wildman–Crippen LogP) is 4.40. The van der Waals surface area contributed by atoms with Gasteiger partial charge in [-0.3, -0.25) is 0 Å². The van der Waals surface area contributed by atoms with Gasteiger partial charge in [-0.1, -0.05) is 24.6 Å². The Hall–Kier alpha value is -0.770. The summed E-state index contributed by atoms with van der Waals surface area (Å²) in [4.78, 5) is 5.37. The third-order valence-electron chi connectivity index (χ3n) is 5.77. The minimum absolute atomic E-state index is 0.582. The van der Waals surface area contributed by atoms with Crippen LogP contribution in [-0.4, -0.2) is 54.6 Å². The molecule has 2 aliphatic heterocycles. The van der Waals surface area contributed by atoms with E-state index in [-0.39, 0.29) is 0 Å². The van der Waals surface area contributed by atoms with Crippen LogP contribution in [0.4, 0.5) is 5.69 Å². The average molecular weight is 350 g/mol. The Morgan fingerprint density at radius 3 is 2.46 bits per heavy atom. The van der Waals surface area contributed by atoms with Crippen LogP contribution in [0.2, 0.25) is 5.02 Å². The lowest BCUT2D eigenvalue weighted by Crippen LogP contribution is -2.49. The third kappa shape index (κ3) is 4.44. The normalized spacial score (nSPS) is 22.0. The highest BCUT2D eigenvalue weighted by atomic mass is 35.5. The summed E-state index contributed by atoms with van der Waals surface area (Å²) in [6, 6.07) is 7.55. The molecule has 0 aromatic heterocycles. The standard InChI is InChI=1S/C20H32ClN3/c1-3-11-23-12-9-18(10-13-23)24-14-7-17(8-15-24)22-20-6-4-5-19(21)16(20)2/h4-6,17-18,22H,3,7-15H2,1-2H3. The van der Waals surface area contributed by atoms with Gasteiger partial charge in [0.25, 0.3) is 0 Å². The van der Waals surface area contributed by atoms with Crippen molar-refractivity contribution in [1.29, 1.82) is 0 Å². The molecular weight excluding hydrogens is 318 g/mol. The second kappa shape index (κ2) is 8.55. The van der Waals surface area contributed by atoms with Crippen molar-refractivity contribution in [1.82, 2.24) is 9.80 Å². The van der Waals surface area contributed by atoms with Gasteiger partial charge in [-0.25, -0.2) is 0 Å². The lowest BCUT2D eigenvalue weighted by Gasteiger charge is -2.42. The average Bonchev–Trinajstić information content (AvgIpc) is 2.61. The molecule has 1 N–H and O–H groups in total. The highest BCUT2D eigenvalue weighted by molar-refractivity contribution is 6.31. The smallest absolute Gasteiger partial charge is 0.0455 e. The van der Waals surface area contributed by atoms with Gasteiger partial charge in [0.15, 0.2) is 0 Å². The summed E-state index contributed by atoms with van der Waals surface area (Å²) in [6.45, 7) is 10.7. The molecule has 2 heterocycles. The molecule has 0 saturated carbocycles. The number of rotatable bonds is 5. The van der Waals surface area contributed by atoms with E-state index in [2.05, 4.69) is 35.0 Å². The molecular formula is C20H32ClN3. The first-order valence-electron chi connectivity index (χ1n) is 9.65. The fourth-order valence-corrected chi connectivity index (χ4v) is 4.39. The van der Waals surface area contributed by atoms with Crippen molar-refractivity contribution in [3.63, 3.8) is 0 Å². The van der Waals surface area contributed by atoms with Crippen LogP contribution < -0.4 is 5.32 Å². The van der Waals surface area contributed by atoms with E-state index in [0.717, 1.165) is 11.1 Å². The summed E-state index contributed by atoms with van der Waals surface area (Å²) in [5, 5.41) is 4.58. The monoisotopic (exact) mass is 349 g/mol. The Kier molecular flexibility index (Phi) is 6.43. The van der Waals surface area contributed by atoms with E-state index < -0.39 is 0 Å². The van der Waals surface area contributed by atoms with Gasteiger partial charge in [-0.2, -0.15) is 0 Å². The third-order valence-corrected chi connectivity index (χ3v) is 6.18. The zero-order valence-corrected chi connectivity index (χ0v) is 16.0. The molecule has 134 valence electrons. The number of piperidine rings is 2. The van der Waals surface area contributed by atoms with Crippen LogP contribution in [0.3, 0.4) is 0 Å². The number of nitrogens with one attached hydrogen (secondary N) is 1. The van der Waals surface area contributed by atoms with E-state index >= 15 is 0 Å². The molecule has 0 aliphatic carbocycles. The van der Waals surface area contributed by atoms with E-state index in [4.69, 9.17) is 11.6 Å². The number of halogens is 1. The number of likely N-dealkylation sites (tertiary alicyclic amines) is 2. The zero-order valence-electron chi connectivity index (χ0n) is 15.2. The Morgan fingerprint density at radius 2 is 1.79 bits per heavy atom. The molecule has 4 heteroatoms. The molecule has 2 fully saturated rings. The Morgan fingerprint density at radius 1 is 1.08 bits per heavy atom. The molecule has 0 atom stereocenters. The van der Waals surface area contributed by atoms with Crippen molar-refractivity contribution < 1.29 is 0 Å². The highest BCUT2D eigenvalue weighted by Crippen LogP contribution is 2.27. The Bertz CT molecular complexity index is 518. The van der Waals surface area contributed by atoms with Crippen LogP contribution in [-0.2, 0) is 0 Å². The molecule has 3 rings (SSSR count). The van der Waals surface area contributed by atoms with Gasteiger partial charge >= 0.3 is 0 Å². The van der Waals surface area contributed by atoms with Gasteiger partial charge in [0.1, 0.15) is 0 Å². The number of anilines is 1. The van der Waals surface area contributed by atoms with Gasteiger partial charge in [-0.15, -0.1) is 0 Å². The summed E-state index contributed by atoms with van der Waals surface area (Å²) < 4.78 is 0. The Labute approximate surface area is 152 Å². The van der Waals surface area contributed by atoms with Gasteiger partial charge in [0.05, 0.1) is 0 Å². The molecule has 2 saturated heterocycles. The first-order valence-corrected chi connectivity index (χ1v) is 10.0. The van der Waals surface area contributed by atoms with Crippen molar-refractivity contribution >= 4 is 17.3 Å². The minimum atomic E-state index is 0.582. The van der Waals surface area contributed by atoms with E-state index in [9.17, 15) is 0 Å². The fourth-order valence-electron chi connectivity index (χ4n) is 4.22. The van der Waals surface area contributed by atoms with Crippen LogP contribution in [0.15, 0.2) is 18.2 Å². The fraction of sp³-hybridized carbons (Fsp3) is 0.700. The quantitative estimate of drug-likeness (QED) is 0.850. The molecule has 0 radical (unpaired) electrons. The maximum absolute atomic E-state index is 6.24. The SMILES string of the molecule is CCCN1CCC(N2CCC(Nc3cccc(Cl)c3C)CC2)CC1. The minimum Gasteiger partial charge on any atom is -0.382 e. The van der Waals surface area contributed by atoms with Crippen LogP contribution in [0, 0.1) is 6.92 Å². The predicted molar refractivity (Wildman–Crippen MR) is 104 cm³/mol. The van der Waals surface area contributed by atoms with Gasteiger partial charge in [0.2, 0.25) is 0 Å². The van der Waals surface area contributed by atoms with Crippen molar-refractivity contribution in [2.75, 3.05) is 38.0 Å². The van der Waals surface area contributed by atoms with E-state index in [1.807, 2.05) is 12.1 Å². The molecule has 1 aromatic carbocycles. The molecule has 3 nitrogen and oxygen atoms in total. The lowest BCUT2D eigenvalue weighted by atomic mass is 9.97. The first-order chi connectivity index (χ1) is 11.7. The van der Waals surface area contributed by atoms with Crippen molar-refractivity contribution in [3.05, 3.63) is 28.8 Å². The summed E-state index contributed by atoms with van der Waals surface area (Å²) in [6.07, 6.45) is 6.46. The highest BCUT2D eigenvalue weighted by Gasteiger charge is 2.28. The van der Waals surface area contributed by atoms with E-state index in [1.54, 1.807) is 0 Å². The zero-order chi connectivity index (χ0) is 16.9. The van der Waals surface area contributed by atoms with Gasteiger partial charge in [0, 0.05) is 35.9 Å². The molecule has 0 unspecified atom stereocenters. The Balaban J connectivity index is 1.45. The van der Waals surface area contributed by atoms with Crippen molar-refractivity contribution in [2.45, 2.75) is 58.0 Å². The number of nitrogens with zero attached hydrogens (tertiary/aromatic N) is 2. The van der Waals surface area contributed by atoms with E-state index in [0.29, 0.717) is 6.04 Å². The largest absolute Gasteiger partial charge is 0.382 e. The lowest BCUT2D eigenvalue weighted by molar-refractivity contribution is 0.0898. The number of benzene rings is 1. The molecule has 0 amide bonds. The van der Waals surface area contributed by atoms with Crippen LogP contribution in [0.1, 0.15) is 44.6 Å². The van der Waals surface area contributed by atoms with Crippen LogP contribution >= 0.6 is 11.6 Å². The maximum atomic E-state index is 6.24. The summed E-state index contributed by atoms with van der Waals surface area (Å²) in [5.74, 6) is 0. The molecule has 24 heavy (non-hydrogen) atoms. The number of hydrogen-bond acceptors (Lipinski definition) is 3.